The fraction of sp³-hybridized carbons (Fsp3) is 1.00. The highest BCUT2D eigenvalue weighted by atomic mass is 19.4. The Kier molecular flexibility index (Phi) is 4.74. The fourth-order valence-electron chi connectivity index (χ4n) is 2.84. The van der Waals surface area contributed by atoms with Crippen molar-refractivity contribution in [2.75, 3.05) is 32.8 Å². The molecule has 0 bridgehead atoms. The van der Waals surface area contributed by atoms with E-state index in [1.807, 2.05) is 0 Å². The van der Waals surface area contributed by atoms with Gasteiger partial charge in [-0.1, -0.05) is 0 Å². The van der Waals surface area contributed by atoms with Crippen LogP contribution in [0.5, 0.6) is 0 Å². The van der Waals surface area contributed by atoms with Crippen molar-refractivity contribution in [3.63, 3.8) is 0 Å². The maximum Gasteiger partial charge on any atom is 0.401 e. The van der Waals surface area contributed by atoms with Crippen LogP contribution >= 0.6 is 0 Å². The average Bonchev–Trinajstić information content (AvgIpc) is 3.07. The van der Waals surface area contributed by atoms with Crippen LogP contribution in [-0.2, 0) is 0 Å². The van der Waals surface area contributed by atoms with Gasteiger partial charge in [-0.05, 0) is 50.6 Å². The molecular weight excluding hydrogens is 257 g/mol. The van der Waals surface area contributed by atoms with E-state index < -0.39 is 12.7 Å². The monoisotopic (exact) mass is 280 g/mol. The van der Waals surface area contributed by atoms with E-state index in [9.17, 15) is 13.2 Å². The van der Waals surface area contributed by atoms with Crippen molar-refractivity contribution in [1.82, 2.24) is 10.2 Å². The minimum absolute atomic E-state index is 0.228. The number of alkyl halides is 3. The maximum atomic E-state index is 12.3. The second kappa shape index (κ2) is 5.97. The SMILES string of the molecule is OCCC1(CNC2CCN(CC(F)(F)F)CC2)CC1. The molecule has 0 radical (unpaired) electrons. The number of rotatable bonds is 6. The van der Waals surface area contributed by atoms with Crippen LogP contribution in [0.25, 0.3) is 0 Å². The van der Waals surface area contributed by atoms with Gasteiger partial charge in [0.1, 0.15) is 0 Å². The van der Waals surface area contributed by atoms with Crippen LogP contribution in [0, 0.1) is 5.41 Å². The molecule has 19 heavy (non-hydrogen) atoms. The quantitative estimate of drug-likeness (QED) is 0.778. The van der Waals surface area contributed by atoms with Gasteiger partial charge in [-0.3, -0.25) is 4.90 Å². The molecule has 2 rings (SSSR count). The van der Waals surface area contributed by atoms with Crippen LogP contribution in [0.4, 0.5) is 13.2 Å². The zero-order valence-corrected chi connectivity index (χ0v) is 11.2. The van der Waals surface area contributed by atoms with Gasteiger partial charge in [0.15, 0.2) is 0 Å². The lowest BCUT2D eigenvalue weighted by Crippen LogP contribution is -2.46. The van der Waals surface area contributed by atoms with Gasteiger partial charge in [-0.25, -0.2) is 0 Å². The molecule has 0 aromatic rings. The summed E-state index contributed by atoms with van der Waals surface area (Å²) in [6.07, 6.45) is 0.643. The lowest BCUT2D eigenvalue weighted by molar-refractivity contribution is -0.148. The van der Waals surface area contributed by atoms with Crippen molar-refractivity contribution in [1.29, 1.82) is 0 Å². The Morgan fingerprint density at radius 3 is 2.32 bits per heavy atom. The Morgan fingerprint density at radius 1 is 1.21 bits per heavy atom. The van der Waals surface area contributed by atoms with Crippen molar-refractivity contribution in [2.24, 2.45) is 5.41 Å². The number of nitrogens with zero attached hydrogens (tertiary/aromatic N) is 1. The molecule has 0 aromatic heterocycles. The van der Waals surface area contributed by atoms with Crippen LogP contribution in [0.2, 0.25) is 0 Å². The molecule has 1 aliphatic carbocycles. The number of likely N-dealkylation sites (tertiary alicyclic amines) is 1. The minimum Gasteiger partial charge on any atom is -0.396 e. The molecule has 1 saturated carbocycles. The van der Waals surface area contributed by atoms with Gasteiger partial charge in [0.05, 0.1) is 6.54 Å². The van der Waals surface area contributed by atoms with Gasteiger partial charge >= 0.3 is 6.18 Å². The molecule has 2 N–H and O–H groups in total. The molecule has 112 valence electrons. The third kappa shape index (κ3) is 4.93. The van der Waals surface area contributed by atoms with Crippen molar-refractivity contribution < 1.29 is 18.3 Å². The molecule has 0 unspecified atom stereocenters. The normalized spacial score (nSPS) is 24.6. The molecule has 6 heteroatoms. The summed E-state index contributed by atoms with van der Waals surface area (Å²) < 4.78 is 36.8. The summed E-state index contributed by atoms with van der Waals surface area (Å²) >= 11 is 0. The Morgan fingerprint density at radius 2 is 1.84 bits per heavy atom. The average molecular weight is 280 g/mol. The molecule has 3 nitrogen and oxygen atoms in total. The largest absolute Gasteiger partial charge is 0.401 e. The van der Waals surface area contributed by atoms with Crippen LogP contribution in [0.3, 0.4) is 0 Å². The van der Waals surface area contributed by atoms with Crippen LogP contribution in [0.1, 0.15) is 32.1 Å². The first-order valence-corrected chi connectivity index (χ1v) is 7.06. The van der Waals surface area contributed by atoms with Crippen LogP contribution in [-0.4, -0.2) is 55.0 Å². The maximum absolute atomic E-state index is 12.3. The Balaban J connectivity index is 1.64. The zero-order valence-electron chi connectivity index (χ0n) is 11.2. The second-order valence-electron chi connectivity index (χ2n) is 6.02. The van der Waals surface area contributed by atoms with Crippen molar-refractivity contribution >= 4 is 0 Å². The van der Waals surface area contributed by atoms with Gasteiger partial charge in [0.2, 0.25) is 0 Å². The van der Waals surface area contributed by atoms with E-state index >= 15 is 0 Å². The van der Waals surface area contributed by atoms with E-state index in [2.05, 4.69) is 5.32 Å². The van der Waals surface area contributed by atoms with E-state index in [1.54, 1.807) is 0 Å². The molecule has 0 atom stereocenters. The highest BCUT2D eigenvalue weighted by Crippen LogP contribution is 2.48. The molecule has 2 fully saturated rings. The lowest BCUT2D eigenvalue weighted by atomic mass is 10.00. The van der Waals surface area contributed by atoms with Crippen molar-refractivity contribution in [3.05, 3.63) is 0 Å². The molecule has 2 aliphatic rings. The van der Waals surface area contributed by atoms with Crippen molar-refractivity contribution in [2.45, 2.75) is 44.3 Å². The van der Waals surface area contributed by atoms with E-state index in [0.29, 0.717) is 19.1 Å². The third-order valence-electron chi connectivity index (χ3n) is 4.36. The predicted octanol–water partition coefficient (Wildman–Crippen LogP) is 1.77. The first-order chi connectivity index (χ1) is 8.92. The number of hydrogen-bond acceptors (Lipinski definition) is 3. The van der Waals surface area contributed by atoms with Gasteiger partial charge in [-0.15, -0.1) is 0 Å². The highest BCUT2D eigenvalue weighted by Gasteiger charge is 2.42. The highest BCUT2D eigenvalue weighted by molar-refractivity contribution is 4.95. The summed E-state index contributed by atoms with van der Waals surface area (Å²) in [6, 6.07) is 0.334. The van der Waals surface area contributed by atoms with Crippen LogP contribution < -0.4 is 5.32 Å². The topological polar surface area (TPSA) is 35.5 Å². The van der Waals surface area contributed by atoms with Crippen molar-refractivity contribution in [3.8, 4) is 0 Å². The lowest BCUT2D eigenvalue weighted by Gasteiger charge is -2.33. The van der Waals surface area contributed by atoms with E-state index in [-0.39, 0.29) is 12.0 Å². The summed E-state index contributed by atoms with van der Waals surface area (Å²) in [5, 5.41) is 12.5. The minimum atomic E-state index is -4.08. The molecular formula is C13H23F3N2O. The molecule has 1 saturated heterocycles. The first-order valence-electron chi connectivity index (χ1n) is 7.06. The van der Waals surface area contributed by atoms with E-state index in [1.165, 1.54) is 4.90 Å². The molecule has 1 aliphatic heterocycles. The molecule has 0 amide bonds. The Hall–Kier alpha value is -0.330. The second-order valence-corrected chi connectivity index (χ2v) is 6.02. The molecule has 1 heterocycles. The summed E-state index contributed by atoms with van der Waals surface area (Å²) in [6.45, 7) is 1.38. The number of hydrogen-bond donors (Lipinski definition) is 2. The number of nitrogens with one attached hydrogen (secondary N) is 1. The Labute approximate surface area is 112 Å². The number of piperidine rings is 1. The van der Waals surface area contributed by atoms with E-state index in [0.717, 1.165) is 38.6 Å². The zero-order chi connectivity index (χ0) is 13.9. The number of aliphatic hydroxyl groups is 1. The predicted molar refractivity (Wildman–Crippen MR) is 66.9 cm³/mol. The van der Waals surface area contributed by atoms with Gasteiger partial charge in [0.25, 0.3) is 0 Å². The Bertz CT molecular complexity index is 284. The number of aliphatic hydroxyl groups excluding tert-OH is 1. The standard InChI is InChI=1S/C13H23F3N2O/c14-13(15,16)10-18-6-1-11(2-7-18)17-9-12(3-4-12)5-8-19/h11,17,19H,1-10H2. The van der Waals surface area contributed by atoms with Gasteiger partial charge in [0, 0.05) is 19.2 Å². The van der Waals surface area contributed by atoms with E-state index in [4.69, 9.17) is 5.11 Å². The van der Waals surface area contributed by atoms with Gasteiger partial charge < -0.3 is 10.4 Å². The summed E-state index contributed by atoms with van der Waals surface area (Å²) in [4.78, 5) is 1.48. The van der Waals surface area contributed by atoms with Crippen LogP contribution in [0.15, 0.2) is 0 Å². The number of halogens is 3. The fourth-order valence-corrected chi connectivity index (χ4v) is 2.84. The molecule has 0 spiro atoms. The molecule has 0 aromatic carbocycles. The first kappa shape index (κ1) is 15.1. The summed E-state index contributed by atoms with van der Waals surface area (Å²) in [7, 11) is 0. The summed E-state index contributed by atoms with van der Waals surface area (Å²) in [5.41, 5.74) is 0.276. The smallest absolute Gasteiger partial charge is 0.396 e. The van der Waals surface area contributed by atoms with Gasteiger partial charge in [-0.2, -0.15) is 13.2 Å². The summed E-state index contributed by atoms with van der Waals surface area (Å²) in [5.74, 6) is 0. The third-order valence-corrected chi connectivity index (χ3v) is 4.36.